The summed E-state index contributed by atoms with van der Waals surface area (Å²) in [4.78, 5) is 12.1. The number of aromatic nitrogens is 2. The van der Waals surface area contributed by atoms with Gasteiger partial charge in [-0.1, -0.05) is 30.3 Å². The van der Waals surface area contributed by atoms with Crippen molar-refractivity contribution >= 4 is 5.82 Å². The Morgan fingerprint density at radius 2 is 1.92 bits per heavy atom. The largest absolute Gasteiger partial charge is 0.388 e. The van der Waals surface area contributed by atoms with Gasteiger partial charge in [0.1, 0.15) is 11.6 Å². The van der Waals surface area contributed by atoms with Gasteiger partial charge in [0.25, 0.3) is 0 Å². The second-order valence-corrected chi connectivity index (χ2v) is 7.49. The molecule has 26 heavy (non-hydrogen) atoms. The molecule has 0 radical (unpaired) electrons. The fourth-order valence-electron chi connectivity index (χ4n) is 3.65. The quantitative estimate of drug-likeness (QED) is 0.837. The van der Waals surface area contributed by atoms with Gasteiger partial charge in [-0.3, -0.25) is 0 Å². The van der Waals surface area contributed by atoms with Crippen molar-refractivity contribution in [2.75, 3.05) is 31.6 Å². The maximum Gasteiger partial charge on any atom is 0.135 e. The molecule has 2 heterocycles. The van der Waals surface area contributed by atoms with Crippen LogP contribution in [0.4, 0.5) is 5.82 Å². The van der Waals surface area contributed by atoms with Crippen molar-refractivity contribution in [3.05, 3.63) is 53.0 Å². The number of aliphatic hydroxyl groups is 1. The van der Waals surface area contributed by atoms with Crippen molar-refractivity contribution in [3.63, 3.8) is 0 Å². The number of benzene rings is 1. The van der Waals surface area contributed by atoms with E-state index in [1.54, 1.807) is 0 Å². The van der Waals surface area contributed by atoms with Gasteiger partial charge in [-0.25, -0.2) is 9.97 Å². The second-order valence-electron chi connectivity index (χ2n) is 7.49. The van der Waals surface area contributed by atoms with Crippen molar-refractivity contribution in [2.24, 2.45) is 0 Å². The Kier molecular flexibility index (Phi) is 5.18. The molecule has 0 unspecified atom stereocenters. The Morgan fingerprint density at radius 1 is 1.15 bits per heavy atom. The van der Waals surface area contributed by atoms with Crippen molar-refractivity contribution in [1.82, 2.24) is 15.3 Å². The summed E-state index contributed by atoms with van der Waals surface area (Å²) in [5.74, 6) is 2.65. The summed E-state index contributed by atoms with van der Waals surface area (Å²) in [6.07, 6.45) is 4.63. The molecule has 1 saturated carbocycles. The van der Waals surface area contributed by atoms with E-state index in [1.807, 2.05) is 30.3 Å². The van der Waals surface area contributed by atoms with Gasteiger partial charge in [-0.15, -0.1) is 0 Å². The number of hydrogen-bond acceptors (Lipinski definition) is 5. The van der Waals surface area contributed by atoms with Crippen LogP contribution in [0.5, 0.6) is 0 Å². The lowest BCUT2D eigenvalue weighted by Gasteiger charge is -2.24. The molecule has 5 heteroatoms. The summed E-state index contributed by atoms with van der Waals surface area (Å²) in [6, 6.07) is 9.89. The normalized spacial score (nSPS) is 18.1. The van der Waals surface area contributed by atoms with Crippen molar-refractivity contribution in [3.8, 4) is 0 Å². The fraction of sp³-hybridized carbons (Fsp3) is 0.524. The summed E-state index contributed by atoms with van der Waals surface area (Å²) in [6.45, 7) is 2.74. The standard InChI is InChI=1S/C21H28N4O/c1-25(14-11-19(26)15-5-3-2-4-6-15)21-17-9-12-22-13-10-18(17)23-20(24-21)16-7-8-16/h2-6,16,19,22,26H,7-14H2,1H3/t19-/m1/s1. The first-order valence-electron chi connectivity index (χ1n) is 9.77. The molecule has 0 amide bonds. The van der Waals surface area contributed by atoms with Crippen LogP contribution in [0.25, 0.3) is 0 Å². The number of nitrogens with zero attached hydrogens (tertiary/aromatic N) is 3. The number of rotatable bonds is 6. The van der Waals surface area contributed by atoms with E-state index in [0.29, 0.717) is 12.3 Å². The average Bonchev–Trinajstić information content (AvgIpc) is 3.52. The van der Waals surface area contributed by atoms with Gasteiger partial charge in [0.15, 0.2) is 0 Å². The highest BCUT2D eigenvalue weighted by atomic mass is 16.3. The first-order valence-corrected chi connectivity index (χ1v) is 9.77. The monoisotopic (exact) mass is 352 g/mol. The highest BCUT2D eigenvalue weighted by Gasteiger charge is 2.29. The Labute approximate surface area is 155 Å². The third-order valence-corrected chi connectivity index (χ3v) is 5.40. The minimum Gasteiger partial charge on any atom is -0.388 e. The molecular weight excluding hydrogens is 324 g/mol. The number of fused-ring (bicyclic) bond motifs is 1. The van der Waals surface area contributed by atoms with Crippen LogP contribution in [0, 0.1) is 0 Å². The molecule has 1 aromatic carbocycles. The average molecular weight is 352 g/mol. The lowest BCUT2D eigenvalue weighted by atomic mass is 10.1. The predicted molar refractivity (Wildman–Crippen MR) is 104 cm³/mol. The topological polar surface area (TPSA) is 61.3 Å². The molecule has 5 nitrogen and oxygen atoms in total. The van der Waals surface area contributed by atoms with E-state index in [9.17, 15) is 5.11 Å². The van der Waals surface area contributed by atoms with Gasteiger partial charge < -0.3 is 15.3 Å². The van der Waals surface area contributed by atoms with Crippen LogP contribution in [0.3, 0.4) is 0 Å². The van der Waals surface area contributed by atoms with E-state index >= 15 is 0 Å². The highest BCUT2D eigenvalue weighted by Crippen LogP contribution is 2.39. The van der Waals surface area contributed by atoms with Crippen LogP contribution in [-0.4, -0.2) is 41.8 Å². The minimum absolute atomic E-state index is 0.441. The maximum atomic E-state index is 10.5. The molecule has 2 N–H and O–H groups in total. The number of hydrogen-bond donors (Lipinski definition) is 2. The summed E-state index contributed by atoms with van der Waals surface area (Å²) >= 11 is 0. The molecule has 138 valence electrons. The Balaban J connectivity index is 1.52. The number of aliphatic hydroxyl groups excluding tert-OH is 1. The zero-order valence-corrected chi connectivity index (χ0v) is 15.5. The number of anilines is 1. The molecule has 1 aliphatic carbocycles. The molecular formula is C21H28N4O. The third kappa shape index (κ3) is 3.89. The van der Waals surface area contributed by atoms with Gasteiger partial charge >= 0.3 is 0 Å². The predicted octanol–water partition coefficient (Wildman–Crippen LogP) is 2.60. The van der Waals surface area contributed by atoms with Gasteiger partial charge in [-0.05, 0) is 37.8 Å². The third-order valence-electron chi connectivity index (χ3n) is 5.40. The van der Waals surface area contributed by atoms with E-state index < -0.39 is 6.10 Å². The molecule has 1 atom stereocenters. The fourth-order valence-corrected chi connectivity index (χ4v) is 3.65. The van der Waals surface area contributed by atoms with Crippen LogP contribution in [-0.2, 0) is 12.8 Å². The molecule has 0 bridgehead atoms. The van der Waals surface area contributed by atoms with Crippen LogP contribution in [0.2, 0.25) is 0 Å². The maximum absolute atomic E-state index is 10.5. The van der Waals surface area contributed by atoms with Crippen LogP contribution >= 0.6 is 0 Å². The summed E-state index contributed by atoms with van der Waals surface area (Å²) in [5.41, 5.74) is 3.48. The zero-order chi connectivity index (χ0) is 17.9. The molecule has 4 rings (SSSR count). The van der Waals surface area contributed by atoms with Crippen molar-refractivity contribution in [1.29, 1.82) is 0 Å². The SMILES string of the molecule is CN(CC[C@@H](O)c1ccccc1)c1nc(C2CC2)nc2c1CCNCC2. The van der Waals surface area contributed by atoms with Gasteiger partial charge in [0.05, 0.1) is 11.8 Å². The van der Waals surface area contributed by atoms with Crippen molar-refractivity contribution < 1.29 is 5.11 Å². The molecule has 1 aliphatic heterocycles. The lowest BCUT2D eigenvalue weighted by molar-refractivity contribution is 0.169. The summed E-state index contributed by atoms with van der Waals surface area (Å²) < 4.78 is 0. The van der Waals surface area contributed by atoms with E-state index in [0.717, 1.165) is 49.7 Å². The van der Waals surface area contributed by atoms with Crippen LogP contribution < -0.4 is 10.2 Å². The molecule has 1 aromatic heterocycles. The van der Waals surface area contributed by atoms with Gasteiger partial charge in [0, 0.05) is 38.0 Å². The highest BCUT2D eigenvalue weighted by molar-refractivity contribution is 5.50. The van der Waals surface area contributed by atoms with Crippen LogP contribution in [0.1, 0.15) is 53.9 Å². The molecule has 0 saturated heterocycles. The lowest BCUT2D eigenvalue weighted by Crippen LogP contribution is -2.25. The molecule has 2 aromatic rings. The van der Waals surface area contributed by atoms with Gasteiger partial charge in [-0.2, -0.15) is 0 Å². The van der Waals surface area contributed by atoms with Crippen LogP contribution in [0.15, 0.2) is 30.3 Å². The van der Waals surface area contributed by atoms with Gasteiger partial charge in [0.2, 0.25) is 0 Å². The van der Waals surface area contributed by atoms with E-state index in [1.165, 1.54) is 24.1 Å². The Bertz CT molecular complexity index is 745. The first kappa shape index (κ1) is 17.4. The summed E-state index contributed by atoms with van der Waals surface area (Å²) in [7, 11) is 2.09. The van der Waals surface area contributed by atoms with Crippen molar-refractivity contribution in [2.45, 2.75) is 44.1 Å². The smallest absolute Gasteiger partial charge is 0.135 e. The van der Waals surface area contributed by atoms with E-state index in [2.05, 4.69) is 17.3 Å². The first-order chi connectivity index (χ1) is 12.7. The molecule has 1 fully saturated rings. The van der Waals surface area contributed by atoms with E-state index in [4.69, 9.17) is 9.97 Å². The summed E-state index contributed by atoms with van der Waals surface area (Å²) in [5, 5.41) is 14.0. The molecule has 2 aliphatic rings. The number of nitrogens with one attached hydrogen (secondary N) is 1. The Morgan fingerprint density at radius 3 is 2.69 bits per heavy atom. The Hall–Kier alpha value is -1.98. The minimum atomic E-state index is -0.441. The molecule has 0 spiro atoms. The van der Waals surface area contributed by atoms with E-state index in [-0.39, 0.29) is 0 Å². The zero-order valence-electron chi connectivity index (χ0n) is 15.5. The second kappa shape index (κ2) is 7.72.